The van der Waals surface area contributed by atoms with Crippen molar-refractivity contribution in [2.24, 2.45) is 0 Å². The average Bonchev–Trinajstić information content (AvgIpc) is 2.74. The van der Waals surface area contributed by atoms with Gasteiger partial charge in [0.05, 0.1) is 18.8 Å². The monoisotopic (exact) mass is 432 g/mol. The van der Waals surface area contributed by atoms with E-state index in [1.165, 1.54) is 32.1 Å². The third-order valence-corrected chi connectivity index (χ3v) is 5.35. The second-order valence-corrected chi connectivity index (χ2v) is 8.21. The number of aliphatic hydroxyl groups is 3. The van der Waals surface area contributed by atoms with Gasteiger partial charge in [0.2, 0.25) is 0 Å². The van der Waals surface area contributed by atoms with Gasteiger partial charge in [0.15, 0.2) is 0 Å². The lowest BCUT2D eigenvalue weighted by atomic mass is 9.99. The fourth-order valence-corrected chi connectivity index (χ4v) is 3.47. The zero-order valence-electron chi connectivity index (χ0n) is 19.4. The number of ether oxygens (including phenoxy) is 2. The van der Waals surface area contributed by atoms with Crippen LogP contribution in [0.25, 0.3) is 0 Å². The first-order chi connectivity index (χ1) is 14.7. The molecule has 2 unspecified atom stereocenters. The van der Waals surface area contributed by atoms with Gasteiger partial charge in [0.1, 0.15) is 0 Å². The highest BCUT2D eigenvalue weighted by molar-refractivity contribution is 5.69. The van der Waals surface area contributed by atoms with E-state index in [-0.39, 0.29) is 25.3 Å². The Morgan fingerprint density at radius 1 is 0.733 bits per heavy atom. The van der Waals surface area contributed by atoms with E-state index in [9.17, 15) is 9.90 Å². The molecule has 0 aromatic carbocycles. The Kier molecular flexibility index (Phi) is 22.5. The van der Waals surface area contributed by atoms with E-state index in [1.807, 2.05) is 0 Å². The summed E-state index contributed by atoms with van der Waals surface area (Å²) < 4.78 is 10.9. The van der Waals surface area contributed by atoms with Crippen LogP contribution >= 0.6 is 0 Å². The fraction of sp³-hybridized carbons (Fsp3) is 0.958. The topological polar surface area (TPSA) is 96.2 Å². The second-order valence-electron chi connectivity index (χ2n) is 8.21. The van der Waals surface area contributed by atoms with E-state index < -0.39 is 6.10 Å². The number of hydrogen-bond acceptors (Lipinski definition) is 6. The molecule has 0 fully saturated rings. The average molecular weight is 433 g/mol. The Bertz CT molecular complexity index is 364. The first kappa shape index (κ1) is 29.3. The maximum Gasteiger partial charge on any atom is 0.305 e. The van der Waals surface area contributed by atoms with Crippen molar-refractivity contribution in [1.29, 1.82) is 0 Å². The fourth-order valence-electron chi connectivity index (χ4n) is 3.47. The van der Waals surface area contributed by atoms with Gasteiger partial charge in [-0.05, 0) is 25.7 Å². The van der Waals surface area contributed by atoms with E-state index in [0.29, 0.717) is 32.5 Å². The van der Waals surface area contributed by atoms with E-state index in [0.717, 1.165) is 51.4 Å². The lowest BCUT2D eigenvalue weighted by Crippen LogP contribution is -2.29. The molecule has 0 bridgehead atoms. The van der Waals surface area contributed by atoms with E-state index >= 15 is 0 Å². The summed E-state index contributed by atoms with van der Waals surface area (Å²) in [5.41, 5.74) is 0. The largest absolute Gasteiger partial charge is 0.466 e. The van der Waals surface area contributed by atoms with E-state index in [2.05, 4.69) is 6.92 Å². The minimum absolute atomic E-state index is 0.0470. The van der Waals surface area contributed by atoms with Crippen LogP contribution in [0, 0.1) is 0 Å². The molecule has 0 aromatic rings. The molecule has 0 saturated carbocycles. The molecule has 0 heterocycles. The van der Waals surface area contributed by atoms with Gasteiger partial charge in [0, 0.05) is 32.7 Å². The highest BCUT2D eigenvalue weighted by Gasteiger charge is 2.19. The Balaban J connectivity index is 3.85. The number of aliphatic hydroxyl groups excluding tert-OH is 3. The zero-order chi connectivity index (χ0) is 22.3. The molecule has 0 aliphatic heterocycles. The highest BCUT2D eigenvalue weighted by Crippen LogP contribution is 2.18. The second kappa shape index (κ2) is 23.0. The van der Waals surface area contributed by atoms with Crippen molar-refractivity contribution in [3.05, 3.63) is 0 Å². The molecule has 0 aliphatic carbocycles. The first-order valence-electron chi connectivity index (χ1n) is 12.3. The van der Waals surface area contributed by atoms with Gasteiger partial charge in [-0.15, -0.1) is 0 Å². The van der Waals surface area contributed by atoms with E-state index in [4.69, 9.17) is 19.7 Å². The predicted molar refractivity (Wildman–Crippen MR) is 120 cm³/mol. The summed E-state index contributed by atoms with van der Waals surface area (Å²) in [6.07, 6.45) is 14.8. The van der Waals surface area contributed by atoms with Gasteiger partial charge in [0.25, 0.3) is 0 Å². The lowest BCUT2D eigenvalue weighted by Gasteiger charge is -2.23. The molecule has 180 valence electrons. The van der Waals surface area contributed by atoms with Gasteiger partial charge >= 0.3 is 5.97 Å². The molecule has 0 saturated heterocycles. The van der Waals surface area contributed by atoms with Crippen LogP contribution in [-0.4, -0.2) is 59.9 Å². The maximum absolute atomic E-state index is 11.5. The van der Waals surface area contributed by atoms with Crippen LogP contribution in [0.15, 0.2) is 0 Å². The van der Waals surface area contributed by atoms with Crippen molar-refractivity contribution >= 4 is 5.97 Å². The van der Waals surface area contributed by atoms with Crippen LogP contribution in [0.1, 0.15) is 110 Å². The SMILES string of the molecule is CCCCCCCCC(OCCCO)C(O)CCCCCCCC(=O)OCCCO. The van der Waals surface area contributed by atoms with Gasteiger partial charge < -0.3 is 24.8 Å². The van der Waals surface area contributed by atoms with Gasteiger partial charge in [-0.1, -0.05) is 71.1 Å². The molecule has 0 radical (unpaired) electrons. The number of rotatable bonds is 23. The third-order valence-electron chi connectivity index (χ3n) is 5.35. The van der Waals surface area contributed by atoms with Gasteiger partial charge in [-0.2, -0.15) is 0 Å². The smallest absolute Gasteiger partial charge is 0.305 e. The summed E-state index contributed by atoms with van der Waals surface area (Å²) in [6.45, 7) is 3.19. The number of unbranched alkanes of at least 4 members (excludes halogenated alkanes) is 9. The van der Waals surface area contributed by atoms with Crippen LogP contribution in [-0.2, 0) is 14.3 Å². The highest BCUT2D eigenvalue weighted by atomic mass is 16.5. The minimum atomic E-state index is -0.444. The zero-order valence-corrected chi connectivity index (χ0v) is 19.4. The van der Waals surface area contributed by atoms with Crippen molar-refractivity contribution in [1.82, 2.24) is 0 Å². The van der Waals surface area contributed by atoms with Crippen molar-refractivity contribution in [2.75, 3.05) is 26.4 Å². The van der Waals surface area contributed by atoms with Crippen LogP contribution in [0.3, 0.4) is 0 Å². The molecule has 0 rings (SSSR count). The van der Waals surface area contributed by atoms with Crippen LogP contribution in [0.2, 0.25) is 0 Å². The molecule has 0 amide bonds. The van der Waals surface area contributed by atoms with Crippen LogP contribution < -0.4 is 0 Å². The quantitative estimate of drug-likeness (QED) is 0.162. The van der Waals surface area contributed by atoms with Crippen molar-refractivity contribution < 1.29 is 29.6 Å². The summed E-state index contributed by atoms with van der Waals surface area (Å²) in [7, 11) is 0. The van der Waals surface area contributed by atoms with Crippen molar-refractivity contribution in [3.8, 4) is 0 Å². The minimum Gasteiger partial charge on any atom is -0.466 e. The molecule has 6 nitrogen and oxygen atoms in total. The number of carbonyl (C=O) groups is 1. The summed E-state index contributed by atoms with van der Waals surface area (Å²) >= 11 is 0. The number of esters is 1. The van der Waals surface area contributed by atoms with Crippen LogP contribution in [0.5, 0.6) is 0 Å². The van der Waals surface area contributed by atoms with Crippen molar-refractivity contribution in [3.63, 3.8) is 0 Å². The van der Waals surface area contributed by atoms with E-state index in [1.54, 1.807) is 0 Å². The molecule has 6 heteroatoms. The number of hydrogen-bond donors (Lipinski definition) is 3. The lowest BCUT2D eigenvalue weighted by molar-refractivity contribution is -0.144. The molecule has 0 spiro atoms. The predicted octanol–water partition coefficient (Wildman–Crippen LogP) is 4.52. The third kappa shape index (κ3) is 19.3. The summed E-state index contributed by atoms with van der Waals surface area (Å²) in [5.74, 6) is -0.184. The molecule has 2 atom stereocenters. The Morgan fingerprint density at radius 3 is 1.97 bits per heavy atom. The molecule has 3 N–H and O–H groups in total. The normalized spacial score (nSPS) is 13.3. The summed E-state index contributed by atoms with van der Waals surface area (Å²) in [6, 6.07) is 0. The molecule has 0 aliphatic rings. The van der Waals surface area contributed by atoms with Crippen molar-refractivity contribution in [2.45, 2.75) is 122 Å². The Labute approximate surface area is 184 Å². The molecular weight excluding hydrogens is 384 g/mol. The van der Waals surface area contributed by atoms with Crippen LogP contribution in [0.4, 0.5) is 0 Å². The Hall–Kier alpha value is -0.690. The van der Waals surface area contributed by atoms with Gasteiger partial charge in [-0.3, -0.25) is 4.79 Å². The van der Waals surface area contributed by atoms with Gasteiger partial charge in [-0.25, -0.2) is 0 Å². The molecular formula is C24H48O6. The molecule has 30 heavy (non-hydrogen) atoms. The summed E-state index contributed by atoms with van der Waals surface area (Å²) in [5, 5.41) is 28.2. The first-order valence-corrected chi connectivity index (χ1v) is 12.3. The standard InChI is InChI=1S/C24H48O6/c1-2-3-4-5-8-11-16-23(29-20-13-18-25)22(27)15-10-7-6-9-12-17-24(28)30-21-14-19-26/h22-23,25-27H,2-21H2,1H3. The molecule has 0 aromatic heterocycles. The number of carbonyl (C=O) groups excluding carboxylic acids is 1. The Morgan fingerprint density at radius 2 is 1.30 bits per heavy atom. The summed E-state index contributed by atoms with van der Waals surface area (Å²) in [4.78, 5) is 11.5. The maximum atomic E-state index is 11.5.